The van der Waals surface area contributed by atoms with Crippen LogP contribution < -0.4 is 5.73 Å². The molecule has 0 bridgehead atoms. The average Bonchev–Trinajstić information content (AvgIpc) is 3.06. The SMILES string of the molecule is Cc1ccc(C(N)C2(CO)CC2)c(C)c1C. The Morgan fingerprint density at radius 1 is 1.25 bits per heavy atom. The third-order valence-electron chi connectivity index (χ3n) is 4.30. The van der Waals surface area contributed by atoms with E-state index >= 15 is 0 Å². The van der Waals surface area contributed by atoms with Gasteiger partial charge in [0.15, 0.2) is 0 Å². The van der Waals surface area contributed by atoms with E-state index in [1.807, 2.05) is 0 Å². The summed E-state index contributed by atoms with van der Waals surface area (Å²) in [6.45, 7) is 6.60. The van der Waals surface area contributed by atoms with Crippen LogP contribution in [0.3, 0.4) is 0 Å². The molecule has 1 saturated carbocycles. The van der Waals surface area contributed by atoms with Crippen LogP contribution in [0.15, 0.2) is 12.1 Å². The van der Waals surface area contributed by atoms with E-state index in [1.165, 1.54) is 22.3 Å². The van der Waals surface area contributed by atoms with E-state index in [2.05, 4.69) is 32.9 Å². The van der Waals surface area contributed by atoms with Crippen molar-refractivity contribution in [3.63, 3.8) is 0 Å². The number of hydrogen-bond donors (Lipinski definition) is 2. The van der Waals surface area contributed by atoms with E-state index in [4.69, 9.17) is 5.73 Å². The van der Waals surface area contributed by atoms with Crippen molar-refractivity contribution in [1.29, 1.82) is 0 Å². The first-order valence-electron chi connectivity index (χ1n) is 5.95. The number of aliphatic hydroxyl groups is 1. The van der Waals surface area contributed by atoms with Gasteiger partial charge in [0.1, 0.15) is 0 Å². The van der Waals surface area contributed by atoms with Gasteiger partial charge < -0.3 is 10.8 Å². The molecule has 1 aromatic rings. The molecule has 1 aromatic carbocycles. The van der Waals surface area contributed by atoms with Gasteiger partial charge in [-0.15, -0.1) is 0 Å². The lowest BCUT2D eigenvalue weighted by molar-refractivity contribution is 0.187. The molecule has 1 atom stereocenters. The summed E-state index contributed by atoms with van der Waals surface area (Å²) >= 11 is 0. The zero-order chi connectivity index (χ0) is 11.9. The van der Waals surface area contributed by atoms with Crippen LogP contribution in [0.5, 0.6) is 0 Å². The van der Waals surface area contributed by atoms with Crippen LogP contribution in [0.2, 0.25) is 0 Å². The molecule has 2 heteroatoms. The molecule has 0 heterocycles. The Labute approximate surface area is 97.5 Å². The van der Waals surface area contributed by atoms with Gasteiger partial charge in [0.2, 0.25) is 0 Å². The molecule has 0 radical (unpaired) electrons. The van der Waals surface area contributed by atoms with Crippen LogP contribution in [0.4, 0.5) is 0 Å². The van der Waals surface area contributed by atoms with E-state index in [0.717, 1.165) is 12.8 Å². The molecular weight excluding hydrogens is 198 g/mol. The minimum atomic E-state index is -0.0353. The fourth-order valence-electron chi connectivity index (χ4n) is 2.37. The predicted molar refractivity (Wildman–Crippen MR) is 66.3 cm³/mol. The van der Waals surface area contributed by atoms with Crippen molar-refractivity contribution in [3.8, 4) is 0 Å². The summed E-state index contributed by atoms with van der Waals surface area (Å²) in [6.07, 6.45) is 2.11. The smallest absolute Gasteiger partial charge is 0.0505 e. The number of aryl methyl sites for hydroxylation is 1. The van der Waals surface area contributed by atoms with Gasteiger partial charge in [0.25, 0.3) is 0 Å². The second-order valence-corrected chi connectivity index (χ2v) is 5.22. The Balaban J connectivity index is 2.38. The molecule has 1 unspecified atom stereocenters. The second-order valence-electron chi connectivity index (χ2n) is 5.22. The van der Waals surface area contributed by atoms with Crippen molar-refractivity contribution in [2.24, 2.45) is 11.1 Å². The van der Waals surface area contributed by atoms with E-state index in [0.29, 0.717) is 0 Å². The molecule has 0 spiro atoms. The summed E-state index contributed by atoms with van der Waals surface area (Å²) in [5.41, 5.74) is 11.4. The van der Waals surface area contributed by atoms with E-state index in [1.54, 1.807) is 0 Å². The maximum Gasteiger partial charge on any atom is 0.0505 e. The van der Waals surface area contributed by atoms with Crippen molar-refractivity contribution in [3.05, 3.63) is 34.4 Å². The van der Waals surface area contributed by atoms with E-state index in [9.17, 15) is 5.11 Å². The molecule has 2 nitrogen and oxygen atoms in total. The van der Waals surface area contributed by atoms with Gasteiger partial charge in [-0.05, 0) is 55.9 Å². The van der Waals surface area contributed by atoms with Crippen molar-refractivity contribution >= 4 is 0 Å². The minimum absolute atomic E-state index is 0.0169. The summed E-state index contributed by atoms with van der Waals surface area (Å²) in [7, 11) is 0. The molecule has 3 N–H and O–H groups in total. The topological polar surface area (TPSA) is 46.2 Å². The summed E-state index contributed by atoms with van der Waals surface area (Å²) in [5.74, 6) is 0. The average molecular weight is 219 g/mol. The lowest BCUT2D eigenvalue weighted by Crippen LogP contribution is -2.26. The predicted octanol–water partition coefficient (Wildman–Crippen LogP) is 2.38. The van der Waals surface area contributed by atoms with Crippen LogP contribution in [-0.2, 0) is 0 Å². The second kappa shape index (κ2) is 3.86. The summed E-state index contributed by atoms with van der Waals surface area (Å²) in [5, 5.41) is 9.42. The molecule has 0 aliphatic heterocycles. The van der Waals surface area contributed by atoms with Crippen molar-refractivity contribution < 1.29 is 5.11 Å². The zero-order valence-corrected chi connectivity index (χ0v) is 10.4. The van der Waals surface area contributed by atoms with Gasteiger partial charge in [0, 0.05) is 11.5 Å². The summed E-state index contributed by atoms with van der Waals surface area (Å²) in [4.78, 5) is 0. The third kappa shape index (κ3) is 1.66. The largest absolute Gasteiger partial charge is 0.396 e. The van der Waals surface area contributed by atoms with E-state index in [-0.39, 0.29) is 18.1 Å². The van der Waals surface area contributed by atoms with E-state index < -0.39 is 0 Å². The highest BCUT2D eigenvalue weighted by atomic mass is 16.3. The maximum absolute atomic E-state index is 9.42. The van der Waals surface area contributed by atoms with Gasteiger partial charge in [-0.25, -0.2) is 0 Å². The summed E-state index contributed by atoms with van der Waals surface area (Å²) in [6, 6.07) is 4.24. The molecule has 0 aromatic heterocycles. The normalized spacial score (nSPS) is 19.6. The Hall–Kier alpha value is -0.860. The van der Waals surface area contributed by atoms with Crippen molar-refractivity contribution in [2.45, 2.75) is 39.7 Å². The highest BCUT2D eigenvalue weighted by Gasteiger charge is 2.48. The number of hydrogen-bond acceptors (Lipinski definition) is 2. The van der Waals surface area contributed by atoms with Crippen LogP contribution in [-0.4, -0.2) is 11.7 Å². The first-order chi connectivity index (χ1) is 7.52. The van der Waals surface area contributed by atoms with Gasteiger partial charge in [0.05, 0.1) is 6.61 Å². The first-order valence-corrected chi connectivity index (χ1v) is 5.95. The van der Waals surface area contributed by atoms with Crippen LogP contribution >= 0.6 is 0 Å². The molecule has 0 saturated heterocycles. The van der Waals surface area contributed by atoms with Gasteiger partial charge in [-0.2, -0.15) is 0 Å². The molecule has 1 fully saturated rings. The monoisotopic (exact) mass is 219 g/mol. The number of nitrogens with two attached hydrogens (primary N) is 1. The standard InChI is InChI=1S/C14H21NO/c1-9-4-5-12(11(3)10(9)2)13(15)14(8-16)6-7-14/h4-5,13,16H,6-8,15H2,1-3H3. The van der Waals surface area contributed by atoms with Crippen LogP contribution in [0.1, 0.15) is 41.1 Å². The lowest BCUT2D eigenvalue weighted by Gasteiger charge is -2.24. The molecule has 1 aliphatic rings. The van der Waals surface area contributed by atoms with Crippen molar-refractivity contribution in [2.75, 3.05) is 6.61 Å². The fraction of sp³-hybridized carbons (Fsp3) is 0.571. The number of rotatable bonds is 3. The van der Waals surface area contributed by atoms with Crippen molar-refractivity contribution in [1.82, 2.24) is 0 Å². The molecule has 1 aliphatic carbocycles. The van der Waals surface area contributed by atoms with Gasteiger partial charge in [-0.1, -0.05) is 12.1 Å². The van der Waals surface area contributed by atoms with Crippen LogP contribution in [0, 0.1) is 26.2 Å². The molecule has 88 valence electrons. The molecule has 2 rings (SSSR count). The third-order valence-corrected chi connectivity index (χ3v) is 4.30. The Bertz CT molecular complexity index is 407. The number of aliphatic hydroxyl groups excluding tert-OH is 1. The minimum Gasteiger partial charge on any atom is -0.396 e. The molecular formula is C14H21NO. The zero-order valence-electron chi connectivity index (χ0n) is 10.4. The first kappa shape index (κ1) is 11.6. The van der Waals surface area contributed by atoms with Crippen LogP contribution in [0.25, 0.3) is 0 Å². The molecule has 0 amide bonds. The Morgan fingerprint density at radius 2 is 1.88 bits per heavy atom. The highest BCUT2D eigenvalue weighted by Crippen LogP contribution is 2.53. The number of benzene rings is 1. The Morgan fingerprint density at radius 3 is 2.38 bits per heavy atom. The molecule has 16 heavy (non-hydrogen) atoms. The van der Waals surface area contributed by atoms with Gasteiger partial charge >= 0.3 is 0 Å². The lowest BCUT2D eigenvalue weighted by atomic mass is 9.86. The van der Waals surface area contributed by atoms with Gasteiger partial charge in [-0.3, -0.25) is 0 Å². The Kier molecular flexibility index (Phi) is 2.81. The fourth-order valence-corrected chi connectivity index (χ4v) is 2.37. The quantitative estimate of drug-likeness (QED) is 0.820. The highest BCUT2D eigenvalue weighted by molar-refractivity contribution is 5.41. The maximum atomic E-state index is 9.42. The summed E-state index contributed by atoms with van der Waals surface area (Å²) < 4.78 is 0.